The van der Waals surface area contributed by atoms with Gasteiger partial charge in [0.25, 0.3) is 0 Å². The van der Waals surface area contributed by atoms with Crippen molar-refractivity contribution in [1.29, 1.82) is 5.26 Å². The number of para-hydroxylation sites is 1. The zero-order chi connectivity index (χ0) is 22.0. The molecule has 0 spiro atoms. The summed E-state index contributed by atoms with van der Waals surface area (Å²) in [6.45, 7) is 0. The van der Waals surface area contributed by atoms with E-state index in [0.717, 1.165) is 32.2 Å². The molecule has 1 aromatic heterocycles. The first kappa shape index (κ1) is 20.6. The van der Waals surface area contributed by atoms with Gasteiger partial charge >= 0.3 is 0 Å². The molecule has 0 unspecified atom stereocenters. The molecule has 1 heterocycles. The van der Waals surface area contributed by atoms with Gasteiger partial charge in [0.15, 0.2) is 0 Å². The number of rotatable bonds is 5. The molecule has 5 heteroatoms. The standard InChI is InChI=1S/C26H19BrN2O2/c1-29-22-11-7-6-10-20(22)24(25(29)18-8-4-3-5-9-18)26(30)19(16-28)14-17-12-13-23(31-2)21(27)15-17/h3-15H,1-2H3/b19-14+. The van der Waals surface area contributed by atoms with Crippen LogP contribution in [-0.2, 0) is 7.05 Å². The number of halogens is 1. The third-order valence-electron chi connectivity index (χ3n) is 5.23. The topological polar surface area (TPSA) is 55.0 Å². The number of carbonyl (C=O) groups is 1. The number of fused-ring (bicyclic) bond motifs is 1. The van der Waals surface area contributed by atoms with Crippen molar-refractivity contribution in [1.82, 2.24) is 4.57 Å². The van der Waals surface area contributed by atoms with E-state index in [2.05, 4.69) is 22.0 Å². The van der Waals surface area contributed by atoms with Crippen LogP contribution in [0.2, 0.25) is 0 Å². The van der Waals surface area contributed by atoms with Gasteiger partial charge in [-0.2, -0.15) is 5.26 Å². The maximum atomic E-state index is 13.7. The van der Waals surface area contributed by atoms with Crippen molar-refractivity contribution < 1.29 is 9.53 Å². The second kappa shape index (κ2) is 8.63. The number of nitriles is 1. The van der Waals surface area contributed by atoms with Crippen LogP contribution in [0.15, 0.2) is 82.8 Å². The summed E-state index contributed by atoms with van der Waals surface area (Å²) < 4.78 is 8.03. The molecule has 0 N–H and O–H groups in total. The average Bonchev–Trinajstić information content (AvgIpc) is 3.10. The third-order valence-corrected chi connectivity index (χ3v) is 5.85. The van der Waals surface area contributed by atoms with Gasteiger partial charge in [0.1, 0.15) is 17.4 Å². The summed E-state index contributed by atoms with van der Waals surface area (Å²) in [7, 11) is 3.53. The van der Waals surface area contributed by atoms with E-state index in [1.54, 1.807) is 19.3 Å². The summed E-state index contributed by atoms with van der Waals surface area (Å²) in [5.74, 6) is 0.382. The number of benzene rings is 3. The Hall–Kier alpha value is -3.62. The minimum absolute atomic E-state index is 0.0746. The first-order valence-corrected chi connectivity index (χ1v) is 10.5. The lowest BCUT2D eigenvalue weighted by atomic mass is 9.96. The number of carbonyl (C=O) groups excluding carboxylic acids is 1. The van der Waals surface area contributed by atoms with Gasteiger partial charge in [-0.1, -0.05) is 54.6 Å². The van der Waals surface area contributed by atoms with Gasteiger partial charge in [-0.05, 0) is 51.3 Å². The SMILES string of the molecule is COc1ccc(/C=C(\C#N)C(=O)c2c(-c3ccccc3)n(C)c3ccccc23)cc1Br. The molecule has 0 radical (unpaired) electrons. The molecule has 31 heavy (non-hydrogen) atoms. The second-order valence-electron chi connectivity index (χ2n) is 7.06. The molecular formula is C26H19BrN2O2. The summed E-state index contributed by atoms with van der Waals surface area (Å²) in [6, 6.07) is 25.1. The van der Waals surface area contributed by atoms with E-state index in [0.29, 0.717) is 11.3 Å². The predicted octanol–water partition coefficient (Wildman–Crippen LogP) is 6.41. The normalized spacial score (nSPS) is 11.4. The zero-order valence-corrected chi connectivity index (χ0v) is 18.7. The molecule has 4 aromatic rings. The molecule has 152 valence electrons. The number of hydrogen-bond acceptors (Lipinski definition) is 3. The van der Waals surface area contributed by atoms with Crippen molar-refractivity contribution in [2.45, 2.75) is 0 Å². The van der Waals surface area contributed by atoms with Gasteiger partial charge in [0, 0.05) is 18.0 Å². The van der Waals surface area contributed by atoms with Crippen LogP contribution in [0, 0.1) is 11.3 Å². The molecule has 0 bridgehead atoms. The monoisotopic (exact) mass is 470 g/mol. The summed E-state index contributed by atoms with van der Waals surface area (Å²) in [6.07, 6.45) is 1.61. The first-order chi connectivity index (χ1) is 15.0. The van der Waals surface area contributed by atoms with E-state index in [-0.39, 0.29) is 11.4 Å². The highest BCUT2D eigenvalue weighted by atomic mass is 79.9. The number of aromatic nitrogens is 1. The number of hydrogen-bond donors (Lipinski definition) is 0. The largest absolute Gasteiger partial charge is 0.496 e. The highest BCUT2D eigenvalue weighted by molar-refractivity contribution is 9.10. The second-order valence-corrected chi connectivity index (χ2v) is 7.91. The fourth-order valence-electron chi connectivity index (χ4n) is 3.78. The summed E-state index contributed by atoms with van der Waals surface area (Å²) in [4.78, 5) is 13.7. The highest BCUT2D eigenvalue weighted by Crippen LogP contribution is 2.35. The van der Waals surface area contributed by atoms with E-state index in [1.165, 1.54) is 0 Å². The summed E-state index contributed by atoms with van der Waals surface area (Å²) in [5.41, 5.74) is 4.00. The van der Waals surface area contributed by atoms with Crippen LogP contribution >= 0.6 is 15.9 Å². The molecule has 0 fully saturated rings. The van der Waals surface area contributed by atoms with Crippen LogP contribution in [-0.4, -0.2) is 17.5 Å². The Kier molecular flexibility index (Phi) is 5.75. The van der Waals surface area contributed by atoms with E-state index >= 15 is 0 Å². The average molecular weight is 471 g/mol. The van der Waals surface area contributed by atoms with Crippen LogP contribution in [0.25, 0.3) is 28.2 Å². The van der Waals surface area contributed by atoms with Gasteiger partial charge < -0.3 is 9.30 Å². The molecule has 0 saturated heterocycles. The lowest BCUT2D eigenvalue weighted by molar-refractivity contribution is 0.104. The van der Waals surface area contributed by atoms with Crippen molar-refractivity contribution in [2.24, 2.45) is 7.05 Å². The van der Waals surface area contributed by atoms with E-state index in [1.807, 2.05) is 78.3 Å². The maximum absolute atomic E-state index is 13.7. The van der Waals surface area contributed by atoms with Gasteiger partial charge in [-0.15, -0.1) is 0 Å². The van der Waals surface area contributed by atoms with Crippen molar-refractivity contribution >= 4 is 38.7 Å². The van der Waals surface area contributed by atoms with Gasteiger partial charge in [0.2, 0.25) is 5.78 Å². The Morgan fingerprint density at radius 1 is 1.06 bits per heavy atom. The molecule has 0 amide bonds. The molecule has 0 atom stereocenters. The summed E-state index contributed by atoms with van der Waals surface area (Å²) >= 11 is 3.45. The minimum Gasteiger partial charge on any atom is -0.496 e. The number of ketones is 1. The van der Waals surface area contributed by atoms with E-state index < -0.39 is 0 Å². The van der Waals surface area contributed by atoms with Crippen LogP contribution in [0.4, 0.5) is 0 Å². The Labute approximate surface area is 189 Å². The Morgan fingerprint density at radius 3 is 2.45 bits per heavy atom. The van der Waals surface area contributed by atoms with Crippen LogP contribution in [0.3, 0.4) is 0 Å². The molecule has 0 aliphatic heterocycles. The minimum atomic E-state index is -0.301. The number of nitrogens with zero attached hydrogens (tertiary/aromatic N) is 2. The maximum Gasteiger partial charge on any atom is 0.206 e. The Morgan fingerprint density at radius 2 is 1.77 bits per heavy atom. The molecule has 0 aliphatic rings. The smallest absolute Gasteiger partial charge is 0.206 e. The molecule has 4 rings (SSSR count). The molecule has 3 aromatic carbocycles. The quantitative estimate of drug-likeness (QED) is 0.192. The van der Waals surface area contributed by atoms with E-state index in [4.69, 9.17) is 4.74 Å². The highest BCUT2D eigenvalue weighted by Gasteiger charge is 2.24. The Balaban J connectivity index is 1.91. The van der Waals surface area contributed by atoms with Gasteiger partial charge in [-0.25, -0.2) is 0 Å². The fourth-order valence-corrected chi connectivity index (χ4v) is 4.34. The van der Waals surface area contributed by atoms with E-state index in [9.17, 15) is 10.1 Å². The molecule has 4 nitrogen and oxygen atoms in total. The van der Waals surface area contributed by atoms with Crippen LogP contribution < -0.4 is 4.74 Å². The number of methoxy groups -OCH3 is 1. The number of Topliss-reactive ketones (excluding diaryl/α,β-unsaturated/α-hetero) is 1. The zero-order valence-electron chi connectivity index (χ0n) is 17.1. The first-order valence-electron chi connectivity index (χ1n) is 9.68. The Bertz CT molecular complexity index is 1360. The van der Waals surface area contributed by atoms with Gasteiger partial charge in [0.05, 0.1) is 22.8 Å². The number of aryl methyl sites for hydroxylation is 1. The van der Waals surface area contributed by atoms with Crippen molar-refractivity contribution in [3.63, 3.8) is 0 Å². The van der Waals surface area contributed by atoms with Crippen molar-refractivity contribution in [2.75, 3.05) is 7.11 Å². The number of ether oxygens (including phenoxy) is 1. The lowest BCUT2D eigenvalue weighted by Gasteiger charge is -2.08. The number of allylic oxidation sites excluding steroid dienone is 1. The molecule has 0 saturated carbocycles. The van der Waals surface area contributed by atoms with Gasteiger partial charge in [-0.3, -0.25) is 4.79 Å². The summed E-state index contributed by atoms with van der Waals surface area (Å²) in [5, 5.41) is 10.7. The van der Waals surface area contributed by atoms with Crippen LogP contribution in [0.5, 0.6) is 5.75 Å². The third kappa shape index (κ3) is 3.78. The van der Waals surface area contributed by atoms with Crippen molar-refractivity contribution in [3.8, 4) is 23.1 Å². The van der Waals surface area contributed by atoms with Crippen LogP contribution in [0.1, 0.15) is 15.9 Å². The predicted molar refractivity (Wildman–Crippen MR) is 127 cm³/mol. The fraction of sp³-hybridized carbons (Fsp3) is 0.0769. The van der Waals surface area contributed by atoms with Crippen molar-refractivity contribution in [3.05, 3.63) is 94.0 Å². The molecule has 0 aliphatic carbocycles. The lowest BCUT2D eigenvalue weighted by Crippen LogP contribution is -2.05. The molecular weight excluding hydrogens is 452 g/mol.